The number of nitrogen functional groups attached to an aromatic ring is 1. The van der Waals surface area contributed by atoms with E-state index in [9.17, 15) is 4.39 Å². The Labute approximate surface area is 122 Å². The lowest BCUT2D eigenvalue weighted by molar-refractivity contribution is 0.628. The summed E-state index contributed by atoms with van der Waals surface area (Å²) >= 11 is 0. The fraction of sp³-hybridized carbons (Fsp3) is 0.118. The Morgan fingerprint density at radius 2 is 1.52 bits per heavy atom. The van der Waals surface area contributed by atoms with Gasteiger partial charge in [0.2, 0.25) is 0 Å². The van der Waals surface area contributed by atoms with Gasteiger partial charge < -0.3 is 5.73 Å². The van der Waals surface area contributed by atoms with Crippen molar-refractivity contribution in [2.45, 2.75) is 6.92 Å². The van der Waals surface area contributed by atoms with Crippen LogP contribution in [0.4, 0.5) is 10.2 Å². The van der Waals surface area contributed by atoms with Gasteiger partial charge in [-0.2, -0.15) is 5.10 Å². The van der Waals surface area contributed by atoms with Gasteiger partial charge in [-0.25, -0.2) is 4.39 Å². The van der Waals surface area contributed by atoms with Gasteiger partial charge in [0, 0.05) is 12.6 Å². The Balaban J connectivity index is 2.20. The average Bonchev–Trinajstić information content (AvgIpc) is 2.77. The lowest BCUT2D eigenvalue weighted by atomic mass is 10.0. The molecule has 0 saturated heterocycles. The quantitative estimate of drug-likeness (QED) is 0.776. The minimum atomic E-state index is -0.266. The Bertz CT molecular complexity index is 771. The summed E-state index contributed by atoms with van der Waals surface area (Å²) in [5.74, 6) is 0.301. The third-order valence-corrected chi connectivity index (χ3v) is 3.55. The van der Waals surface area contributed by atoms with Gasteiger partial charge in [-0.05, 0) is 24.6 Å². The van der Waals surface area contributed by atoms with E-state index in [1.54, 1.807) is 23.9 Å². The molecule has 0 aliphatic heterocycles. The van der Waals surface area contributed by atoms with Crippen LogP contribution in [0.1, 0.15) is 5.56 Å². The average molecular weight is 281 g/mol. The number of nitrogens with two attached hydrogens (primary N) is 1. The summed E-state index contributed by atoms with van der Waals surface area (Å²) in [5.41, 5.74) is 10.8. The van der Waals surface area contributed by atoms with Crippen molar-refractivity contribution in [3.8, 4) is 22.4 Å². The summed E-state index contributed by atoms with van der Waals surface area (Å²) in [4.78, 5) is 0. The van der Waals surface area contributed by atoms with Crippen molar-refractivity contribution < 1.29 is 4.39 Å². The van der Waals surface area contributed by atoms with Gasteiger partial charge in [-0.3, -0.25) is 4.68 Å². The Morgan fingerprint density at radius 1 is 0.952 bits per heavy atom. The first kappa shape index (κ1) is 13.4. The van der Waals surface area contributed by atoms with Gasteiger partial charge in [0.15, 0.2) is 0 Å². The van der Waals surface area contributed by atoms with Gasteiger partial charge in [0.1, 0.15) is 17.3 Å². The number of hydrogen-bond donors (Lipinski definition) is 1. The summed E-state index contributed by atoms with van der Waals surface area (Å²) in [6, 6.07) is 14.4. The summed E-state index contributed by atoms with van der Waals surface area (Å²) in [6.45, 7) is 2.04. The molecule has 3 nitrogen and oxygen atoms in total. The highest BCUT2D eigenvalue weighted by Gasteiger charge is 2.17. The second-order valence-electron chi connectivity index (χ2n) is 5.11. The maximum Gasteiger partial charge on any atom is 0.129 e. The van der Waals surface area contributed by atoms with Crippen LogP contribution in [0.5, 0.6) is 0 Å². The number of anilines is 1. The zero-order valence-corrected chi connectivity index (χ0v) is 12.0. The molecule has 0 atom stereocenters. The van der Waals surface area contributed by atoms with Crippen molar-refractivity contribution in [1.82, 2.24) is 9.78 Å². The Morgan fingerprint density at radius 3 is 2.14 bits per heavy atom. The second-order valence-corrected chi connectivity index (χ2v) is 5.11. The molecule has 3 aromatic rings. The molecule has 0 saturated carbocycles. The first-order valence-electron chi connectivity index (χ1n) is 6.71. The Kier molecular flexibility index (Phi) is 3.22. The van der Waals surface area contributed by atoms with E-state index in [-0.39, 0.29) is 5.82 Å². The molecule has 0 amide bonds. The maximum atomic E-state index is 13.1. The standard InChI is InChI=1S/C17H16FN3/c1-11-3-5-13(6-4-11)16-15(17(19)21(2)20-16)12-7-9-14(18)10-8-12/h3-10H,19H2,1-2H3. The summed E-state index contributed by atoms with van der Waals surface area (Å²) in [6.07, 6.45) is 0. The van der Waals surface area contributed by atoms with Crippen LogP contribution in [-0.2, 0) is 7.05 Å². The highest BCUT2D eigenvalue weighted by molar-refractivity contribution is 5.88. The topological polar surface area (TPSA) is 43.8 Å². The first-order chi connectivity index (χ1) is 10.1. The largest absolute Gasteiger partial charge is 0.383 e. The number of halogens is 1. The smallest absolute Gasteiger partial charge is 0.129 e. The Hall–Kier alpha value is -2.62. The summed E-state index contributed by atoms with van der Waals surface area (Å²) in [5, 5.41) is 4.51. The van der Waals surface area contributed by atoms with E-state index in [0.29, 0.717) is 5.82 Å². The lowest BCUT2D eigenvalue weighted by Crippen LogP contribution is -1.97. The van der Waals surface area contributed by atoms with E-state index < -0.39 is 0 Å². The van der Waals surface area contributed by atoms with E-state index in [1.807, 2.05) is 31.2 Å². The molecule has 0 aliphatic rings. The van der Waals surface area contributed by atoms with Crippen LogP contribution >= 0.6 is 0 Å². The molecular formula is C17H16FN3. The van der Waals surface area contributed by atoms with Gasteiger partial charge in [-0.1, -0.05) is 42.0 Å². The minimum Gasteiger partial charge on any atom is -0.383 e. The van der Waals surface area contributed by atoms with Crippen LogP contribution < -0.4 is 5.73 Å². The van der Waals surface area contributed by atoms with E-state index in [4.69, 9.17) is 5.73 Å². The fourth-order valence-corrected chi connectivity index (χ4v) is 2.35. The predicted octanol–water partition coefficient (Wildman–Crippen LogP) is 3.78. The van der Waals surface area contributed by atoms with Crippen LogP contribution in [0, 0.1) is 12.7 Å². The molecule has 4 heteroatoms. The highest BCUT2D eigenvalue weighted by Crippen LogP contribution is 2.35. The lowest BCUT2D eigenvalue weighted by Gasteiger charge is -2.05. The van der Waals surface area contributed by atoms with Crippen molar-refractivity contribution >= 4 is 5.82 Å². The van der Waals surface area contributed by atoms with Crippen LogP contribution in [0.2, 0.25) is 0 Å². The molecule has 0 fully saturated rings. The molecule has 0 aliphatic carbocycles. The third-order valence-electron chi connectivity index (χ3n) is 3.55. The molecule has 1 heterocycles. The molecule has 2 aromatic carbocycles. The summed E-state index contributed by atoms with van der Waals surface area (Å²) in [7, 11) is 1.81. The van der Waals surface area contributed by atoms with Crippen molar-refractivity contribution in [3.63, 3.8) is 0 Å². The van der Waals surface area contributed by atoms with E-state index in [0.717, 1.165) is 22.4 Å². The molecule has 21 heavy (non-hydrogen) atoms. The second kappa shape index (κ2) is 5.05. The van der Waals surface area contributed by atoms with Crippen LogP contribution in [0.15, 0.2) is 48.5 Å². The molecule has 0 spiro atoms. The fourth-order valence-electron chi connectivity index (χ4n) is 2.35. The molecule has 1 aromatic heterocycles. The number of benzene rings is 2. The number of aryl methyl sites for hydroxylation is 2. The van der Waals surface area contributed by atoms with Crippen LogP contribution in [0.25, 0.3) is 22.4 Å². The molecule has 0 bridgehead atoms. The van der Waals surface area contributed by atoms with Crippen molar-refractivity contribution in [1.29, 1.82) is 0 Å². The van der Waals surface area contributed by atoms with E-state index >= 15 is 0 Å². The monoisotopic (exact) mass is 281 g/mol. The van der Waals surface area contributed by atoms with Gasteiger partial charge >= 0.3 is 0 Å². The van der Waals surface area contributed by atoms with Crippen molar-refractivity contribution in [3.05, 3.63) is 59.9 Å². The summed E-state index contributed by atoms with van der Waals surface area (Å²) < 4.78 is 14.8. The SMILES string of the molecule is Cc1ccc(-c2nn(C)c(N)c2-c2ccc(F)cc2)cc1. The minimum absolute atomic E-state index is 0.266. The normalized spacial score (nSPS) is 10.8. The van der Waals surface area contributed by atoms with E-state index in [2.05, 4.69) is 5.10 Å². The molecule has 106 valence electrons. The number of nitrogens with zero attached hydrogens (tertiary/aromatic N) is 2. The highest BCUT2D eigenvalue weighted by atomic mass is 19.1. The van der Waals surface area contributed by atoms with E-state index in [1.165, 1.54) is 17.7 Å². The first-order valence-corrected chi connectivity index (χ1v) is 6.71. The molecule has 0 radical (unpaired) electrons. The van der Waals surface area contributed by atoms with Gasteiger partial charge in [0.25, 0.3) is 0 Å². The zero-order chi connectivity index (χ0) is 15.0. The molecular weight excluding hydrogens is 265 g/mol. The van der Waals surface area contributed by atoms with Crippen molar-refractivity contribution in [2.24, 2.45) is 7.05 Å². The van der Waals surface area contributed by atoms with Crippen LogP contribution in [-0.4, -0.2) is 9.78 Å². The molecule has 2 N–H and O–H groups in total. The number of aromatic nitrogens is 2. The van der Waals surface area contributed by atoms with Gasteiger partial charge in [-0.15, -0.1) is 0 Å². The van der Waals surface area contributed by atoms with Crippen LogP contribution in [0.3, 0.4) is 0 Å². The molecule has 3 rings (SSSR count). The molecule has 0 unspecified atom stereocenters. The maximum absolute atomic E-state index is 13.1. The zero-order valence-electron chi connectivity index (χ0n) is 12.0. The van der Waals surface area contributed by atoms with Gasteiger partial charge in [0.05, 0.1) is 5.56 Å². The van der Waals surface area contributed by atoms with Crippen molar-refractivity contribution in [2.75, 3.05) is 5.73 Å². The predicted molar refractivity (Wildman–Crippen MR) is 83.2 cm³/mol. The number of rotatable bonds is 2. The third kappa shape index (κ3) is 2.40. The number of hydrogen-bond acceptors (Lipinski definition) is 2.